The highest BCUT2D eigenvalue weighted by Crippen LogP contribution is 2.14. The number of carbonyl (C=O) groups is 2. The molecule has 1 N–H and O–H groups in total. The summed E-state index contributed by atoms with van der Waals surface area (Å²) in [4.78, 5) is 24.7. The van der Waals surface area contributed by atoms with Gasteiger partial charge in [-0.05, 0) is 42.3 Å². The first-order chi connectivity index (χ1) is 11.5. The zero-order valence-corrected chi connectivity index (χ0v) is 14.0. The summed E-state index contributed by atoms with van der Waals surface area (Å²) in [5.41, 5.74) is 0.453. The number of rotatable bonds is 6. The van der Waals surface area contributed by atoms with E-state index < -0.39 is 12.0 Å². The Morgan fingerprint density at radius 1 is 0.917 bits per heavy atom. The molecule has 0 heterocycles. The van der Waals surface area contributed by atoms with E-state index in [1.165, 1.54) is 0 Å². The van der Waals surface area contributed by atoms with Crippen LogP contribution in [-0.4, -0.2) is 25.0 Å². The molecule has 0 aromatic heterocycles. The van der Waals surface area contributed by atoms with Gasteiger partial charge in [-0.25, -0.2) is 4.79 Å². The summed E-state index contributed by atoms with van der Waals surface area (Å²) in [5.74, 6) is 0.185. The third kappa shape index (κ3) is 4.59. The van der Waals surface area contributed by atoms with Crippen LogP contribution in [0.1, 0.15) is 24.2 Å². The van der Waals surface area contributed by atoms with Gasteiger partial charge >= 0.3 is 5.97 Å². The molecule has 0 aliphatic carbocycles. The molecule has 1 atom stereocenters. The number of hydrogen-bond donors (Lipinski definition) is 1. The van der Waals surface area contributed by atoms with Crippen LogP contribution in [0.25, 0.3) is 0 Å². The normalized spacial score (nSPS) is 11.7. The van der Waals surface area contributed by atoms with Gasteiger partial charge in [-0.3, -0.25) is 4.79 Å². The van der Waals surface area contributed by atoms with Gasteiger partial charge in [0, 0.05) is 5.56 Å². The summed E-state index contributed by atoms with van der Waals surface area (Å²) in [6.07, 6.45) is 0. The first kappa shape index (κ1) is 17.5. The minimum atomic E-state index is -0.736. The average molecular weight is 327 g/mol. The number of ether oxygens (including phenoxy) is 2. The maximum Gasteiger partial charge on any atom is 0.334 e. The molecule has 24 heavy (non-hydrogen) atoms. The molecule has 5 nitrogen and oxygen atoms in total. The molecule has 0 radical (unpaired) electrons. The smallest absolute Gasteiger partial charge is 0.334 e. The van der Waals surface area contributed by atoms with E-state index >= 15 is 0 Å². The number of nitrogens with one attached hydrogen (secondary N) is 1. The predicted octanol–water partition coefficient (Wildman–Crippen LogP) is 3.06. The van der Waals surface area contributed by atoms with Crippen molar-refractivity contribution in [2.45, 2.75) is 19.9 Å². The van der Waals surface area contributed by atoms with Crippen LogP contribution in [0.4, 0.5) is 0 Å². The first-order valence-electron chi connectivity index (χ1n) is 7.73. The molecule has 126 valence electrons. The molecule has 0 fully saturated rings. The molecular formula is C19H21NO4. The van der Waals surface area contributed by atoms with Gasteiger partial charge in [-0.1, -0.05) is 32.0 Å². The van der Waals surface area contributed by atoms with E-state index in [4.69, 9.17) is 9.47 Å². The highest BCUT2D eigenvalue weighted by Gasteiger charge is 2.26. The lowest BCUT2D eigenvalue weighted by Gasteiger charge is -2.20. The molecule has 2 rings (SSSR count). The Kier molecular flexibility index (Phi) is 5.95. The Morgan fingerprint density at radius 3 is 2.08 bits per heavy atom. The van der Waals surface area contributed by atoms with Crippen molar-refractivity contribution in [2.75, 3.05) is 7.11 Å². The highest BCUT2D eigenvalue weighted by atomic mass is 16.5. The molecule has 0 bridgehead atoms. The van der Waals surface area contributed by atoms with Crippen molar-refractivity contribution >= 4 is 11.9 Å². The monoisotopic (exact) mass is 327 g/mol. The average Bonchev–Trinajstić information content (AvgIpc) is 2.60. The fourth-order valence-electron chi connectivity index (χ4n) is 2.13. The van der Waals surface area contributed by atoms with Crippen molar-refractivity contribution < 1.29 is 19.1 Å². The lowest BCUT2D eigenvalue weighted by Crippen LogP contribution is -2.46. The number of hydrogen-bond acceptors (Lipinski definition) is 4. The van der Waals surface area contributed by atoms with Crippen LogP contribution >= 0.6 is 0 Å². The highest BCUT2D eigenvalue weighted by molar-refractivity contribution is 5.97. The van der Waals surface area contributed by atoms with Crippen molar-refractivity contribution in [3.05, 3.63) is 60.2 Å². The van der Waals surface area contributed by atoms with Crippen LogP contribution in [0.3, 0.4) is 0 Å². The molecule has 0 saturated carbocycles. The van der Waals surface area contributed by atoms with Crippen molar-refractivity contribution in [1.29, 1.82) is 0 Å². The second-order valence-electron chi connectivity index (χ2n) is 5.66. The molecule has 1 amide bonds. The summed E-state index contributed by atoms with van der Waals surface area (Å²) in [7, 11) is 1.56. The number of para-hydroxylation sites is 1. The summed E-state index contributed by atoms with van der Waals surface area (Å²) in [5, 5.41) is 2.74. The Labute approximate surface area is 141 Å². The number of esters is 1. The zero-order valence-electron chi connectivity index (χ0n) is 14.0. The lowest BCUT2D eigenvalue weighted by molar-refractivity contribution is -0.137. The fraction of sp³-hybridized carbons (Fsp3) is 0.263. The van der Waals surface area contributed by atoms with E-state index in [2.05, 4.69) is 5.32 Å². The van der Waals surface area contributed by atoms with Gasteiger partial charge < -0.3 is 14.8 Å². The second kappa shape index (κ2) is 8.15. The minimum Gasteiger partial charge on any atom is -0.497 e. The van der Waals surface area contributed by atoms with E-state index in [9.17, 15) is 9.59 Å². The van der Waals surface area contributed by atoms with Crippen molar-refractivity contribution in [2.24, 2.45) is 5.92 Å². The predicted molar refractivity (Wildman–Crippen MR) is 91.2 cm³/mol. The largest absolute Gasteiger partial charge is 0.497 e. The Morgan fingerprint density at radius 2 is 1.54 bits per heavy atom. The first-order valence-corrected chi connectivity index (χ1v) is 7.73. The van der Waals surface area contributed by atoms with Crippen molar-refractivity contribution in [1.82, 2.24) is 5.32 Å². The van der Waals surface area contributed by atoms with E-state index in [1.807, 2.05) is 19.9 Å². The van der Waals surface area contributed by atoms with Crippen LogP contribution < -0.4 is 14.8 Å². The van der Waals surface area contributed by atoms with Gasteiger partial charge in [0.05, 0.1) is 7.11 Å². The van der Waals surface area contributed by atoms with Crippen LogP contribution in [0.2, 0.25) is 0 Å². The maximum atomic E-state index is 12.4. The number of carbonyl (C=O) groups excluding carboxylic acids is 2. The summed E-state index contributed by atoms with van der Waals surface area (Å²) < 4.78 is 10.4. The van der Waals surface area contributed by atoms with E-state index in [1.54, 1.807) is 55.6 Å². The molecule has 0 aliphatic rings. The summed E-state index contributed by atoms with van der Waals surface area (Å²) >= 11 is 0. The lowest BCUT2D eigenvalue weighted by atomic mass is 10.0. The quantitative estimate of drug-likeness (QED) is 0.654. The zero-order chi connectivity index (χ0) is 17.5. The topological polar surface area (TPSA) is 64.6 Å². The van der Waals surface area contributed by atoms with Gasteiger partial charge in [-0.2, -0.15) is 0 Å². The van der Waals surface area contributed by atoms with Crippen molar-refractivity contribution in [3.63, 3.8) is 0 Å². The van der Waals surface area contributed by atoms with Gasteiger partial charge in [0.25, 0.3) is 5.91 Å². The molecule has 0 spiro atoms. The second-order valence-corrected chi connectivity index (χ2v) is 5.66. The molecule has 0 unspecified atom stereocenters. The van der Waals surface area contributed by atoms with Gasteiger partial charge in [0.2, 0.25) is 0 Å². The Hall–Kier alpha value is -2.82. The Balaban J connectivity index is 2.06. The molecular weight excluding hydrogens is 306 g/mol. The van der Waals surface area contributed by atoms with Crippen molar-refractivity contribution in [3.8, 4) is 11.5 Å². The van der Waals surface area contributed by atoms with E-state index in [0.29, 0.717) is 17.1 Å². The third-order valence-electron chi connectivity index (χ3n) is 3.52. The van der Waals surface area contributed by atoms with Crippen LogP contribution in [0.15, 0.2) is 54.6 Å². The molecule has 5 heteroatoms. The van der Waals surface area contributed by atoms with Crippen LogP contribution in [0, 0.1) is 5.92 Å². The van der Waals surface area contributed by atoms with E-state index in [-0.39, 0.29) is 11.8 Å². The third-order valence-corrected chi connectivity index (χ3v) is 3.52. The van der Waals surface area contributed by atoms with Crippen LogP contribution in [0.5, 0.6) is 11.5 Å². The molecule has 2 aromatic rings. The summed E-state index contributed by atoms with van der Waals surface area (Å²) in [6, 6.07) is 14.7. The van der Waals surface area contributed by atoms with Crippen LogP contribution in [-0.2, 0) is 4.79 Å². The molecule has 2 aromatic carbocycles. The van der Waals surface area contributed by atoms with E-state index in [0.717, 1.165) is 0 Å². The standard InChI is InChI=1S/C19H21NO4/c1-13(2)17(19(22)24-16-7-5-4-6-8-16)20-18(21)14-9-11-15(23-3)12-10-14/h4-13,17H,1-3H3,(H,20,21)/t17-/m0/s1. The summed E-state index contributed by atoms with van der Waals surface area (Å²) in [6.45, 7) is 3.70. The number of benzene rings is 2. The maximum absolute atomic E-state index is 12.4. The minimum absolute atomic E-state index is 0.108. The van der Waals surface area contributed by atoms with Gasteiger partial charge in [0.15, 0.2) is 0 Å². The molecule has 0 saturated heterocycles. The van der Waals surface area contributed by atoms with Gasteiger partial charge in [-0.15, -0.1) is 0 Å². The fourth-order valence-corrected chi connectivity index (χ4v) is 2.13. The number of methoxy groups -OCH3 is 1. The SMILES string of the molecule is COc1ccc(C(=O)N[C@H](C(=O)Oc2ccccc2)C(C)C)cc1. The van der Waals surface area contributed by atoms with Gasteiger partial charge in [0.1, 0.15) is 17.5 Å². The Bertz CT molecular complexity index is 680. The number of amides is 1. The molecule has 0 aliphatic heterocycles.